The van der Waals surface area contributed by atoms with E-state index in [2.05, 4.69) is 33.0 Å². The fraction of sp³-hybridized carbons (Fsp3) is 0.625. The Hall–Kier alpha value is -0.890. The second-order valence-electron chi connectivity index (χ2n) is 5.82. The van der Waals surface area contributed by atoms with Gasteiger partial charge in [-0.15, -0.1) is 0 Å². The Balaban J connectivity index is 2.59. The Morgan fingerprint density at radius 1 is 1.11 bits per heavy atom. The highest BCUT2D eigenvalue weighted by Crippen LogP contribution is 2.26. The molecule has 0 aliphatic heterocycles. The van der Waals surface area contributed by atoms with Crippen LogP contribution in [0, 0.1) is 24.6 Å². The summed E-state index contributed by atoms with van der Waals surface area (Å²) in [5.41, 5.74) is 2.31. The molecular weight excluding hydrogens is 225 g/mol. The van der Waals surface area contributed by atoms with Crippen LogP contribution in [0.2, 0.25) is 0 Å². The lowest BCUT2D eigenvalue weighted by Crippen LogP contribution is -2.27. The molecule has 0 saturated carbocycles. The molecule has 0 aliphatic rings. The van der Waals surface area contributed by atoms with Crippen molar-refractivity contribution in [2.75, 3.05) is 13.1 Å². The van der Waals surface area contributed by atoms with Crippen LogP contribution in [0.1, 0.15) is 44.7 Å². The molecule has 0 amide bonds. The van der Waals surface area contributed by atoms with Gasteiger partial charge in [0.1, 0.15) is 5.82 Å². The molecule has 0 heterocycles. The smallest absolute Gasteiger partial charge is 0.123 e. The first-order chi connectivity index (χ1) is 8.41. The average Bonchev–Trinajstić information content (AvgIpc) is 2.27. The minimum Gasteiger partial charge on any atom is -0.316 e. The molecule has 2 heteroatoms. The Morgan fingerprint density at radius 2 is 1.78 bits per heavy atom. The quantitative estimate of drug-likeness (QED) is 0.802. The third-order valence-electron chi connectivity index (χ3n) is 3.59. The third kappa shape index (κ3) is 4.41. The molecule has 1 N–H and O–H groups in total. The Bertz CT molecular complexity index is 373. The first kappa shape index (κ1) is 15.2. The summed E-state index contributed by atoms with van der Waals surface area (Å²) < 4.78 is 13.1. The number of halogens is 1. The zero-order valence-electron chi connectivity index (χ0n) is 12.3. The molecule has 18 heavy (non-hydrogen) atoms. The van der Waals surface area contributed by atoms with Crippen LogP contribution in [0.25, 0.3) is 0 Å². The first-order valence-corrected chi connectivity index (χ1v) is 6.88. The summed E-state index contributed by atoms with van der Waals surface area (Å²) in [7, 11) is 0. The van der Waals surface area contributed by atoms with Crippen LogP contribution in [-0.4, -0.2) is 13.1 Å². The van der Waals surface area contributed by atoms with Crippen LogP contribution < -0.4 is 5.32 Å². The molecular formula is C16H26FN. The fourth-order valence-corrected chi connectivity index (χ4v) is 2.23. The van der Waals surface area contributed by atoms with E-state index in [1.54, 1.807) is 12.1 Å². The van der Waals surface area contributed by atoms with Crippen molar-refractivity contribution in [2.45, 2.75) is 40.5 Å². The van der Waals surface area contributed by atoms with E-state index in [-0.39, 0.29) is 5.82 Å². The molecule has 1 rings (SSSR count). The molecule has 1 aromatic carbocycles. The Morgan fingerprint density at radius 3 is 2.33 bits per heavy atom. The van der Waals surface area contributed by atoms with Crippen molar-refractivity contribution in [3.8, 4) is 0 Å². The largest absolute Gasteiger partial charge is 0.316 e. The maximum atomic E-state index is 13.1. The molecule has 0 fully saturated rings. The first-order valence-electron chi connectivity index (χ1n) is 6.88. The molecule has 0 radical (unpaired) electrons. The molecule has 0 spiro atoms. The van der Waals surface area contributed by atoms with Gasteiger partial charge in [-0.25, -0.2) is 4.39 Å². The highest BCUT2D eigenvalue weighted by Gasteiger charge is 2.16. The number of benzene rings is 1. The van der Waals surface area contributed by atoms with E-state index in [1.807, 2.05) is 13.0 Å². The minimum absolute atomic E-state index is 0.144. The molecule has 1 aromatic rings. The van der Waals surface area contributed by atoms with Crippen molar-refractivity contribution in [3.05, 3.63) is 35.1 Å². The average molecular weight is 251 g/mol. The summed E-state index contributed by atoms with van der Waals surface area (Å²) in [5.74, 6) is 1.53. The summed E-state index contributed by atoms with van der Waals surface area (Å²) in [6.45, 7) is 13.0. The second-order valence-corrected chi connectivity index (χ2v) is 5.82. The SMILES string of the molecule is Cc1cc(F)ccc1C(C)C(C)CNCC(C)C. The summed E-state index contributed by atoms with van der Waals surface area (Å²) in [6.07, 6.45) is 0. The van der Waals surface area contributed by atoms with Crippen LogP contribution >= 0.6 is 0 Å². The van der Waals surface area contributed by atoms with Gasteiger partial charge in [0, 0.05) is 0 Å². The third-order valence-corrected chi connectivity index (χ3v) is 3.59. The monoisotopic (exact) mass is 251 g/mol. The summed E-state index contributed by atoms with van der Waals surface area (Å²) in [4.78, 5) is 0. The van der Waals surface area contributed by atoms with E-state index < -0.39 is 0 Å². The van der Waals surface area contributed by atoms with Gasteiger partial charge in [-0.05, 0) is 61.0 Å². The van der Waals surface area contributed by atoms with Gasteiger partial charge < -0.3 is 5.32 Å². The predicted octanol–water partition coefficient (Wildman–Crippen LogP) is 4.12. The highest BCUT2D eigenvalue weighted by molar-refractivity contribution is 5.29. The fourth-order valence-electron chi connectivity index (χ4n) is 2.23. The lowest BCUT2D eigenvalue weighted by molar-refractivity contribution is 0.427. The van der Waals surface area contributed by atoms with Gasteiger partial charge in [0.15, 0.2) is 0 Å². The number of hydrogen-bond donors (Lipinski definition) is 1. The van der Waals surface area contributed by atoms with E-state index in [1.165, 1.54) is 5.56 Å². The normalized spacial score (nSPS) is 14.8. The zero-order chi connectivity index (χ0) is 13.7. The lowest BCUT2D eigenvalue weighted by atomic mass is 9.86. The van der Waals surface area contributed by atoms with Crippen molar-refractivity contribution < 1.29 is 4.39 Å². The van der Waals surface area contributed by atoms with Crippen LogP contribution in [-0.2, 0) is 0 Å². The van der Waals surface area contributed by atoms with Crippen molar-refractivity contribution in [1.82, 2.24) is 5.32 Å². The molecule has 0 aliphatic carbocycles. The van der Waals surface area contributed by atoms with E-state index in [9.17, 15) is 4.39 Å². The van der Waals surface area contributed by atoms with Gasteiger partial charge >= 0.3 is 0 Å². The van der Waals surface area contributed by atoms with Gasteiger partial charge in [-0.3, -0.25) is 0 Å². The van der Waals surface area contributed by atoms with Gasteiger partial charge in [0.2, 0.25) is 0 Å². The van der Waals surface area contributed by atoms with Crippen molar-refractivity contribution in [3.63, 3.8) is 0 Å². The van der Waals surface area contributed by atoms with Gasteiger partial charge in [-0.2, -0.15) is 0 Å². The van der Waals surface area contributed by atoms with Crippen LogP contribution in [0.5, 0.6) is 0 Å². The molecule has 102 valence electrons. The van der Waals surface area contributed by atoms with Crippen LogP contribution in [0.4, 0.5) is 4.39 Å². The van der Waals surface area contributed by atoms with Crippen molar-refractivity contribution in [2.24, 2.45) is 11.8 Å². The molecule has 0 saturated heterocycles. The molecule has 0 bridgehead atoms. The maximum Gasteiger partial charge on any atom is 0.123 e. The number of nitrogens with one attached hydrogen (secondary N) is 1. The van der Waals surface area contributed by atoms with E-state index >= 15 is 0 Å². The Labute approximate surface area is 111 Å². The number of aryl methyl sites for hydroxylation is 1. The predicted molar refractivity (Wildman–Crippen MR) is 76.4 cm³/mol. The summed E-state index contributed by atoms with van der Waals surface area (Å²) in [5, 5.41) is 3.49. The van der Waals surface area contributed by atoms with Gasteiger partial charge in [0.05, 0.1) is 0 Å². The minimum atomic E-state index is -0.144. The Kier molecular flexibility index (Phi) is 5.80. The zero-order valence-corrected chi connectivity index (χ0v) is 12.3. The molecule has 2 atom stereocenters. The van der Waals surface area contributed by atoms with Crippen LogP contribution in [0.3, 0.4) is 0 Å². The number of hydrogen-bond acceptors (Lipinski definition) is 1. The summed E-state index contributed by atoms with van der Waals surface area (Å²) in [6, 6.07) is 5.11. The standard InChI is InChI=1S/C16H26FN/c1-11(2)9-18-10-13(4)14(5)16-7-6-15(17)8-12(16)3/h6-8,11,13-14,18H,9-10H2,1-5H3. The molecule has 1 nitrogen and oxygen atoms in total. The van der Waals surface area contributed by atoms with Crippen molar-refractivity contribution >= 4 is 0 Å². The van der Waals surface area contributed by atoms with E-state index in [4.69, 9.17) is 0 Å². The van der Waals surface area contributed by atoms with E-state index in [0.29, 0.717) is 17.8 Å². The van der Waals surface area contributed by atoms with Gasteiger partial charge in [-0.1, -0.05) is 33.8 Å². The molecule has 2 unspecified atom stereocenters. The number of rotatable bonds is 6. The lowest BCUT2D eigenvalue weighted by Gasteiger charge is -2.23. The van der Waals surface area contributed by atoms with E-state index in [0.717, 1.165) is 18.7 Å². The van der Waals surface area contributed by atoms with Crippen LogP contribution in [0.15, 0.2) is 18.2 Å². The highest BCUT2D eigenvalue weighted by atomic mass is 19.1. The van der Waals surface area contributed by atoms with Crippen molar-refractivity contribution in [1.29, 1.82) is 0 Å². The molecule has 0 aromatic heterocycles. The summed E-state index contributed by atoms with van der Waals surface area (Å²) >= 11 is 0. The maximum absolute atomic E-state index is 13.1. The van der Waals surface area contributed by atoms with Gasteiger partial charge in [0.25, 0.3) is 0 Å². The second kappa shape index (κ2) is 6.89. The topological polar surface area (TPSA) is 12.0 Å².